The zero-order chi connectivity index (χ0) is 15.0. The lowest BCUT2D eigenvalue weighted by molar-refractivity contribution is -0.136. The molecule has 0 saturated heterocycles. The molecule has 0 spiro atoms. The van der Waals surface area contributed by atoms with Crippen molar-refractivity contribution in [3.8, 4) is 0 Å². The molecule has 0 fully saturated rings. The molecule has 2 N–H and O–H groups in total. The number of nitrogens with one attached hydrogen (secondary N) is 1. The summed E-state index contributed by atoms with van der Waals surface area (Å²) in [7, 11) is 3.34. The maximum atomic E-state index is 11.8. The molecule has 110 valence electrons. The van der Waals surface area contributed by atoms with Crippen LogP contribution < -0.4 is 5.32 Å². The molecule has 0 bridgehead atoms. The standard InChI is InChI=1S/C14H20N2O4/c1-16(8-3-9-20-2)14(19)15-12-6-4-11(5-7-12)10-13(17)18/h4-7H,3,8-10H2,1-2H3,(H,15,19)(H,17,18). The molecule has 0 aliphatic carbocycles. The number of carbonyl (C=O) groups is 2. The Bertz CT molecular complexity index is 445. The van der Waals surface area contributed by atoms with Crippen LogP contribution in [0.2, 0.25) is 0 Å². The predicted octanol–water partition coefficient (Wildman–Crippen LogP) is 1.81. The van der Waals surface area contributed by atoms with Crippen LogP contribution in [0.1, 0.15) is 12.0 Å². The van der Waals surface area contributed by atoms with E-state index in [9.17, 15) is 9.59 Å². The maximum absolute atomic E-state index is 11.8. The van der Waals surface area contributed by atoms with Gasteiger partial charge in [0, 0.05) is 33.0 Å². The van der Waals surface area contributed by atoms with Gasteiger partial charge in [-0.3, -0.25) is 4.79 Å². The summed E-state index contributed by atoms with van der Waals surface area (Å²) >= 11 is 0. The number of rotatable bonds is 7. The molecule has 6 nitrogen and oxygen atoms in total. The highest BCUT2D eigenvalue weighted by Crippen LogP contribution is 2.10. The number of hydrogen-bond donors (Lipinski definition) is 2. The van der Waals surface area contributed by atoms with E-state index in [0.29, 0.717) is 24.4 Å². The molecular formula is C14H20N2O4. The summed E-state index contributed by atoms with van der Waals surface area (Å²) < 4.78 is 4.93. The molecule has 0 aromatic heterocycles. The van der Waals surface area contributed by atoms with Crippen LogP contribution in [-0.2, 0) is 16.0 Å². The third kappa shape index (κ3) is 5.71. The molecule has 0 aliphatic rings. The summed E-state index contributed by atoms with van der Waals surface area (Å²) in [6.07, 6.45) is 0.753. The summed E-state index contributed by atoms with van der Waals surface area (Å²) in [6.45, 7) is 1.22. The molecule has 0 atom stereocenters. The Labute approximate surface area is 118 Å². The molecule has 0 saturated carbocycles. The number of carboxylic acid groups (broad SMARTS) is 1. The molecule has 20 heavy (non-hydrogen) atoms. The second kappa shape index (κ2) is 8.16. The van der Waals surface area contributed by atoms with Gasteiger partial charge in [0.1, 0.15) is 0 Å². The van der Waals surface area contributed by atoms with E-state index in [-0.39, 0.29) is 12.5 Å². The lowest BCUT2D eigenvalue weighted by Gasteiger charge is -2.17. The zero-order valence-corrected chi connectivity index (χ0v) is 11.8. The van der Waals surface area contributed by atoms with E-state index in [1.165, 1.54) is 0 Å². The third-order valence-electron chi connectivity index (χ3n) is 2.75. The maximum Gasteiger partial charge on any atom is 0.321 e. The van der Waals surface area contributed by atoms with Gasteiger partial charge in [-0.1, -0.05) is 12.1 Å². The van der Waals surface area contributed by atoms with Gasteiger partial charge in [0.25, 0.3) is 0 Å². The lowest BCUT2D eigenvalue weighted by atomic mass is 10.1. The molecule has 0 unspecified atom stereocenters. The first kappa shape index (κ1) is 16.0. The van der Waals surface area contributed by atoms with Crippen LogP contribution in [0, 0.1) is 0 Å². The van der Waals surface area contributed by atoms with Gasteiger partial charge in [-0.15, -0.1) is 0 Å². The molecular weight excluding hydrogens is 260 g/mol. The number of nitrogens with zero attached hydrogens (tertiary/aromatic N) is 1. The van der Waals surface area contributed by atoms with Gasteiger partial charge in [0.2, 0.25) is 0 Å². The molecule has 2 amide bonds. The third-order valence-corrected chi connectivity index (χ3v) is 2.75. The van der Waals surface area contributed by atoms with E-state index in [0.717, 1.165) is 6.42 Å². The second-order valence-electron chi connectivity index (χ2n) is 4.47. The number of anilines is 1. The number of carboxylic acids is 1. The molecule has 1 aromatic rings. The SMILES string of the molecule is COCCCN(C)C(=O)Nc1ccc(CC(=O)O)cc1. The minimum Gasteiger partial charge on any atom is -0.481 e. The van der Waals surface area contributed by atoms with Crippen LogP contribution in [-0.4, -0.2) is 49.3 Å². The van der Waals surface area contributed by atoms with E-state index in [1.807, 2.05) is 0 Å². The number of aliphatic carboxylic acids is 1. The van der Waals surface area contributed by atoms with Gasteiger partial charge in [-0.2, -0.15) is 0 Å². The van der Waals surface area contributed by atoms with Crippen molar-refractivity contribution in [2.45, 2.75) is 12.8 Å². The summed E-state index contributed by atoms with van der Waals surface area (Å²) in [4.78, 5) is 24.0. The highest BCUT2D eigenvalue weighted by Gasteiger charge is 2.08. The first-order valence-electron chi connectivity index (χ1n) is 6.34. The van der Waals surface area contributed by atoms with Gasteiger partial charge >= 0.3 is 12.0 Å². The Morgan fingerprint density at radius 3 is 2.50 bits per heavy atom. The molecule has 0 aliphatic heterocycles. The fourth-order valence-electron chi connectivity index (χ4n) is 1.65. The molecule has 1 rings (SSSR count). The van der Waals surface area contributed by atoms with Crippen molar-refractivity contribution in [2.75, 3.05) is 32.6 Å². The number of carbonyl (C=O) groups excluding carboxylic acids is 1. The van der Waals surface area contributed by atoms with Gasteiger partial charge in [-0.25, -0.2) is 4.79 Å². The van der Waals surface area contributed by atoms with Crippen molar-refractivity contribution in [3.63, 3.8) is 0 Å². The number of amides is 2. The molecule has 0 radical (unpaired) electrons. The van der Waals surface area contributed by atoms with Gasteiger partial charge < -0.3 is 20.1 Å². The summed E-state index contributed by atoms with van der Waals surface area (Å²) in [5.74, 6) is -0.875. The van der Waals surface area contributed by atoms with E-state index < -0.39 is 5.97 Å². The lowest BCUT2D eigenvalue weighted by Crippen LogP contribution is -2.32. The van der Waals surface area contributed by atoms with Crippen molar-refractivity contribution < 1.29 is 19.4 Å². The van der Waals surface area contributed by atoms with Crippen LogP contribution in [0.3, 0.4) is 0 Å². The minimum atomic E-state index is -0.875. The average Bonchev–Trinajstić information content (AvgIpc) is 2.40. The number of hydrogen-bond acceptors (Lipinski definition) is 3. The second-order valence-corrected chi connectivity index (χ2v) is 4.47. The first-order valence-corrected chi connectivity index (χ1v) is 6.34. The van der Waals surface area contributed by atoms with Crippen molar-refractivity contribution in [1.82, 2.24) is 4.90 Å². The van der Waals surface area contributed by atoms with Gasteiger partial charge in [0.05, 0.1) is 6.42 Å². The first-order chi connectivity index (χ1) is 9.52. The monoisotopic (exact) mass is 280 g/mol. The van der Waals surface area contributed by atoms with Crippen molar-refractivity contribution in [2.24, 2.45) is 0 Å². The fraction of sp³-hybridized carbons (Fsp3) is 0.429. The topological polar surface area (TPSA) is 78.9 Å². The van der Waals surface area contributed by atoms with E-state index in [2.05, 4.69) is 5.32 Å². The Balaban J connectivity index is 2.47. The van der Waals surface area contributed by atoms with Crippen LogP contribution in [0.15, 0.2) is 24.3 Å². The van der Waals surface area contributed by atoms with Crippen LogP contribution in [0.5, 0.6) is 0 Å². The summed E-state index contributed by atoms with van der Waals surface area (Å²) in [6, 6.07) is 6.56. The minimum absolute atomic E-state index is 0.0227. The number of methoxy groups -OCH3 is 1. The van der Waals surface area contributed by atoms with Crippen LogP contribution >= 0.6 is 0 Å². The van der Waals surface area contributed by atoms with Crippen LogP contribution in [0.4, 0.5) is 10.5 Å². The molecule has 1 aromatic carbocycles. The predicted molar refractivity (Wildman–Crippen MR) is 75.9 cm³/mol. The highest BCUT2D eigenvalue weighted by molar-refractivity contribution is 5.89. The number of urea groups is 1. The smallest absolute Gasteiger partial charge is 0.321 e. The normalized spacial score (nSPS) is 10.1. The van der Waals surface area contributed by atoms with E-state index in [1.54, 1.807) is 43.3 Å². The van der Waals surface area contributed by atoms with Crippen LogP contribution in [0.25, 0.3) is 0 Å². The quantitative estimate of drug-likeness (QED) is 0.747. The molecule has 6 heteroatoms. The number of ether oxygens (including phenoxy) is 1. The largest absolute Gasteiger partial charge is 0.481 e. The van der Waals surface area contributed by atoms with Gasteiger partial charge in [-0.05, 0) is 24.1 Å². The zero-order valence-electron chi connectivity index (χ0n) is 11.8. The molecule has 0 heterocycles. The Morgan fingerprint density at radius 2 is 1.95 bits per heavy atom. The fourth-order valence-corrected chi connectivity index (χ4v) is 1.65. The highest BCUT2D eigenvalue weighted by atomic mass is 16.5. The Kier molecular flexibility index (Phi) is 6.52. The average molecular weight is 280 g/mol. The Morgan fingerprint density at radius 1 is 1.30 bits per heavy atom. The number of benzene rings is 1. The van der Waals surface area contributed by atoms with Crippen molar-refractivity contribution >= 4 is 17.7 Å². The Hall–Kier alpha value is -2.08. The van der Waals surface area contributed by atoms with Gasteiger partial charge in [0.15, 0.2) is 0 Å². The van der Waals surface area contributed by atoms with E-state index >= 15 is 0 Å². The van der Waals surface area contributed by atoms with Crippen molar-refractivity contribution in [3.05, 3.63) is 29.8 Å². The summed E-state index contributed by atoms with van der Waals surface area (Å²) in [5.41, 5.74) is 1.34. The summed E-state index contributed by atoms with van der Waals surface area (Å²) in [5, 5.41) is 11.4. The van der Waals surface area contributed by atoms with E-state index in [4.69, 9.17) is 9.84 Å². The van der Waals surface area contributed by atoms with Crippen molar-refractivity contribution in [1.29, 1.82) is 0 Å².